The van der Waals surface area contributed by atoms with Gasteiger partial charge in [0.15, 0.2) is 0 Å². The predicted molar refractivity (Wildman–Crippen MR) is 59.9 cm³/mol. The van der Waals surface area contributed by atoms with Gasteiger partial charge >= 0.3 is 0 Å². The third-order valence-corrected chi connectivity index (χ3v) is 2.59. The summed E-state index contributed by atoms with van der Waals surface area (Å²) in [6.45, 7) is 14.6. The number of nitrogens with zero attached hydrogens (tertiary/aromatic N) is 2. The quantitative estimate of drug-likeness (QED) is 0.608. The summed E-state index contributed by atoms with van der Waals surface area (Å²) in [5.41, 5.74) is 0. The summed E-state index contributed by atoms with van der Waals surface area (Å²) in [6.07, 6.45) is 0. The maximum atomic E-state index is 2.50. The Morgan fingerprint density at radius 3 is 1.38 bits per heavy atom. The molecule has 0 radical (unpaired) electrons. The van der Waals surface area contributed by atoms with Gasteiger partial charge in [-0.25, -0.2) is 0 Å². The molecule has 2 heteroatoms. The molecule has 0 atom stereocenters. The van der Waals surface area contributed by atoms with Crippen LogP contribution >= 0.6 is 0 Å². The lowest BCUT2D eigenvalue weighted by molar-refractivity contribution is 0.0773. The molecule has 0 aromatic carbocycles. The molecule has 0 aliphatic carbocycles. The van der Waals surface area contributed by atoms with E-state index in [0.29, 0.717) is 18.1 Å². The Morgan fingerprint density at radius 2 is 1.15 bits per heavy atom. The molecular weight excluding hydrogens is 160 g/mol. The van der Waals surface area contributed by atoms with Crippen molar-refractivity contribution in [3.63, 3.8) is 0 Å². The summed E-state index contributed by atoms with van der Waals surface area (Å²) in [5.74, 6) is 0. The van der Waals surface area contributed by atoms with Crippen LogP contribution in [0.25, 0.3) is 0 Å². The van der Waals surface area contributed by atoms with Crippen molar-refractivity contribution in [1.82, 2.24) is 9.80 Å². The molecule has 0 aromatic rings. The zero-order valence-electron chi connectivity index (χ0n) is 10.3. The van der Waals surface area contributed by atoms with Crippen LogP contribution in [0.2, 0.25) is 0 Å². The van der Waals surface area contributed by atoms with Crippen LogP contribution in [-0.4, -0.2) is 41.6 Å². The normalized spacial score (nSPS) is 12.9. The lowest BCUT2D eigenvalue weighted by Crippen LogP contribution is -2.45. The fraction of sp³-hybridized carbons (Fsp3) is 1.00. The van der Waals surface area contributed by atoms with E-state index in [0.717, 1.165) is 6.67 Å². The van der Waals surface area contributed by atoms with Crippen LogP contribution in [0, 0.1) is 0 Å². The summed E-state index contributed by atoms with van der Waals surface area (Å²) in [7, 11) is 2.18. The largest absolute Gasteiger partial charge is 0.291 e. The van der Waals surface area contributed by atoms with Gasteiger partial charge in [0, 0.05) is 18.1 Å². The van der Waals surface area contributed by atoms with Crippen molar-refractivity contribution in [2.24, 2.45) is 0 Å². The topological polar surface area (TPSA) is 6.48 Å². The number of rotatable bonds is 5. The first-order chi connectivity index (χ1) is 5.86. The van der Waals surface area contributed by atoms with Gasteiger partial charge in [0.25, 0.3) is 0 Å². The van der Waals surface area contributed by atoms with Crippen LogP contribution in [0.3, 0.4) is 0 Å². The average Bonchev–Trinajstić information content (AvgIpc) is 1.97. The summed E-state index contributed by atoms with van der Waals surface area (Å²) in [6, 6.07) is 1.88. The van der Waals surface area contributed by atoms with Gasteiger partial charge in [-0.2, -0.15) is 0 Å². The lowest BCUT2D eigenvalue weighted by Gasteiger charge is -2.35. The Balaban J connectivity index is 4.10. The first-order valence-corrected chi connectivity index (χ1v) is 5.32. The molecule has 13 heavy (non-hydrogen) atoms. The summed E-state index contributed by atoms with van der Waals surface area (Å²) < 4.78 is 0. The SMILES string of the molecule is CC(C)N(C)CN(C(C)C)C(C)C. The first kappa shape index (κ1) is 12.9. The van der Waals surface area contributed by atoms with Gasteiger partial charge in [-0.15, -0.1) is 0 Å². The Morgan fingerprint density at radius 1 is 0.769 bits per heavy atom. The van der Waals surface area contributed by atoms with Crippen LogP contribution < -0.4 is 0 Å². The average molecular weight is 186 g/mol. The molecule has 0 aromatic heterocycles. The van der Waals surface area contributed by atoms with Crippen molar-refractivity contribution in [2.75, 3.05) is 13.7 Å². The molecule has 2 nitrogen and oxygen atoms in total. The Labute approximate surface area is 83.9 Å². The van der Waals surface area contributed by atoms with E-state index in [-0.39, 0.29) is 0 Å². The molecule has 80 valence electrons. The van der Waals surface area contributed by atoms with Crippen LogP contribution in [-0.2, 0) is 0 Å². The van der Waals surface area contributed by atoms with E-state index >= 15 is 0 Å². The van der Waals surface area contributed by atoms with E-state index in [4.69, 9.17) is 0 Å². The van der Waals surface area contributed by atoms with Crippen molar-refractivity contribution in [1.29, 1.82) is 0 Å². The smallest absolute Gasteiger partial charge is 0.0510 e. The molecular formula is C11H26N2. The maximum absolute atomic E-state index is 2.50. The monoisotopic (exact) mass is 186 g/mol. The van der Waals surface area contributed by atoms with Gasteiger partial charge < -0.3 is 0 Å². The van der Waals surface area contributed by atoms with Crippen LogP contribution in [0.1, 0.15) is 41.5 Å². The number of hydrogen-bond donors (Lipinski definition) is 0. The number of hydrogen-bond acceptors (Lipinski definition) is 2. The van der Waals surface area contributed by atoms with E-state index in [1.54, 1.807) is 0 Å². The second kappa shape index (κ2) is 5.61. The van der Waals surface area contributed by atoms with Gasteiger partial charge in [0.05, 0.1) is 6.67 Å². The predicted octanol–water partition coefficient (Wildman–Crippen LogP) is 2.40. The molecule has 0 spiro atoms. The molecule has 0 fully saturated rings. The minimum Gasteiger partial charge on any atom is -0.291 e. The minimum atomic E-state index is 0.625. The maximum Gasteiger partial charge on any atom is 0.0510 e. The van der Waals surface area contributed by atoms with Gasteiger partial charge in [-0.05, 0) is 48.6 Å². The third-order valence-electron chi connectivity index (χ3n) is 2.59. The summed E-state index contributed by atoms with van der Waals surface area (Å²) >= 11 is 0. The summed E-state index contributed by atoms with van der Waals surface area (Å²) in [5, 5.41) is 0. The van der Waals surface area contributed by atoms with E-state index < -0.39 is 0 Å². The molecule has 0 aliphatic heterocycles. The minimum absolute atomic E-state index is 0.625. The van der Waals surface area contributed by atoms with Crippen molar-refractivity contribution in [3.05, 3.63) is 0 Å². The van der Waals surface area contributed by atoms with Crippen molar-refractivity contribution in [2.45, 2.75) is 59.7 Å². The first-order valence-electron chi connectivity index (χ1n) is 5.32. The van der Waals surface area contributed by atoms with Crippen LogP contribution in [0.15, 0.2) is 0 Å². The van der Waals surface area contributed by atoms with Crippen LogP contribution in [0.4, 0.5) is 0 Å². The summed E-state index contributed by atoms with van der Waals surface area (Å²) in [4.78, 5) is 4.88. The van der Waals surface area contributed by atoms with Crippen molar-refractivity contribution < 1.29 is 0 Å². The van der Waals surface area contributed by atoms with E-state index in [1.807, 2.05) is 0 Å². The van der Waals surface area contributed by atoms with Crippen LogP contribution in [0.5, 0.6) is 0 Å². The van der Waals surface area contributed by atoms with Crippen molar-refractivity contribution >= 4 is 0 Å². The van der Waals surface area contributed by atoms with Crippen molar-refractivity contribution in [3.8, 4) is 0 Å². The highest BCUT2D eigenvalue weighted by molar-refractivity contribution is 4.68. The zero-order chi connectivity index (χ0) is 10.6. The Bertz CT molecular complexity index is 122. The Hall–Kier alpha value is -0.0800. The highest BCUT2D eigenvalue weighted by atomic mass is 15.3. The van der Waals surface area contributed by atoms with E-state index in [2.05, 4.69) is 58.4 Å². The van der Waals surface area contributed by atoms with Gasteiger partial charge in [0.2, 0.25) is 0 Å². The molecule has 0 aliphatic rings. The fourth-order valence-corrected chi connectivity index (χ4v) is 1.34. The molecule has 0 rings (SSSR count). The fourth-order valence-electron chi connectivity index (χ4n) is 1.34. The molecule has 0 unspecified atom stereocenters. The Kier molecular flexibility index (Phi) is 5.57. The second-order valence-corrected chi connectivity index (χ2v) is 4.69. The molecule has 0 saturated carbocycles. The standard InChI is InChI=1S/C11H26N2/c1-9(2)12(7)8-13(10(3)4)11(5)6/h9-11H,8H2,1-7H3. The van der Waals surface area contributed by atoms with Gasteiger partial charge in [-0.3, -0.25) is 9.80 Å². The molecule has 0 heterocycles. The lowest BCUT2D eigenvalue weighted by atomic mass is 10.2. The second-order valence-electron chi connectivity index (χ2n) is 4.69. The third kappa shape index (κ3) is 4.63. The molecule has 0 N–H and O–H groups in total. The van der Waals surface area contributed by atoms with Gasteiger partial charge in [0.1, 0.15) is 0 Å². The zero-order valence-corrected chi connectivity index (χ0v) is 10.3. The highest BCUT2D eigenvalue weighted by Crippen LogP contribution is 2.07. The van der Waals surface area contributed by atoms with Gasteiger partial charge in [-0.1, -0.05) is 0 Å². The molecule has 0 amide bonds. The molecule has 0 saturated heterocycles. The van der Waals surface area contributed by atoms with E-state index in [1.165, 1.54) is 0 Å². The van der Waals surface area contributed by atoms with E-state index in [9.17, 15) is 0 Å². The highest BCUT2D eigenvalue weighted by Gasteiger charge is 2.15. The molecule has 0 bridgehead atoms.